The molecule has 1 aromatic heterocycles. The van der Waals surface area contributed by atoms with E-state index in [-0.39, 0.29) is 18.1 Å². The zero-order chi connectivity index (χ0) is 16.8. The van der Waals surface area contributed by atoms with Crippen molar-refractivity contribution in [1.29, 1.82) is 0 Å². The summed E-state index contributed by atoms with van der Waals surface area (Å²) in [6.07, 6.45) is 0.0960. The number of carbonyl (C=O) groups excluding carboxylic acids is 2. The predicted octanol–water partition coefficient (Wildman–Crippen LogP) is 1.32. The molecule has 0 spiro atoms. The van der Waals surface area contributed by atoms with Crippen LogP contribution in [0.3, 0.4) is 0 Å². The Morgan fingerprint density at radius 2 is 1.96 bits per heavy atom. The second kappa shape index (κ2) is 7.35. The largest absolute Gasteiger partial charge is 0.618 e. The fourth-order valence-electron chi connectivity index (χ4n) is 1.80. The van der Waals surface area contributed by atoms with Crippen molar-refractivity contribution in [3.8, 4) is 0 Å². The number of pyridine rings is 1. The van der Waals surface area contributed by atoms with Crippen molar-refractivity contribution < 1.29 is 23.4 Å². The van der Waals surface area contributed by atoms with Gasteiger partial charge in [0, 0.05) is 18.7 Å². The molecule has 0 radical (unpaired) electrons. The Bertz CT molecular complexity index is 703. The molecule has 7 heteroatoms. The normalized spacial score (nSPS) is 11.6. The molecule has 0 saturated heterocycles. The molecule has 0 saturated carbocycles. The van der Waals surface area contributed by atoms with Gasteiger partial charge in [-0.1, -0.05) is 12.1 Å². The molecule has 1 atom stereocenters. The fourth-order valence-corrected chi connectivity index (χ4v) is 1.80. The van der Waals surface area contributed by atoms with Gasteiger partial charge >= 0.3 is 11.7 Å². The van der Waals surface area contributed by atoms with Crippen LogP contribution in [-0.2, 0) is 16.1 Å². The molecule has 0 unspecified atom stereocenters. The molecule has 1 N–H and O–H groups in total. The maximum Gasteiger partial charge on any atom is 0.405 e. The summed E-state index contributed by atoms with van der Waals surface area (Å²) >= 11 is 0. The number of aromatic nitrogens is 1. The van der Waals surface area contributed by atoms with E-state index in [4.69, 9.17) is 4.74 Å². The first-order valence-corrected chi connectivity index (χ1v) is 6.88. The zero-order valence-corrected chi connectivity index (χ0v) is 12.4. The number of nitrogens with one attached hydrogen (secondary N) is 1. The number of esters is 1. The molecule has 0 fully saturated rings. The molecule has 120 valence electrons. The van der Waals surface area contributed by atoms with E-state index in [0.717, 1.165) is 6.20 Å². The number of halogens is 1. The zero-order valence-electron chi connectivity index (χ0n) is 12.4. The van der Waals surface area contributed by atoms with E-state index >= 15 is 0 Å². The summed E-state index contributed by atoms with van der Waals surface area (Å²) < 4.78 is 18.1. The number of rotatable bonds is 5. The number of hydrogen-bond acceptors (Lipinski definition) is 4. The molecule has 0 aliphatic rings. The maximum atomic E-state index is 12.8. The summed E-state index contributed by atoms with van der Waals surface area (Å²) in [6.45, 7) is 1.57. The van der Waals surface area contributed by atoms with Gasteiger partial charge in [-0.3, -0.25) is 4.79 Å². The van der Waals surface area contributed by atoms with Crippen molar-refractivity contribution >= 4 is 11.9 Å². The maximum absolute atomic E-state index is 12.8. The van der Waals surface area contributed by atoms with Crippen LogP contribution in [0.4, 0.5) is 4.39 Å². The highest BCUT2D eigenvalue weighted by molar-refractivity contribution is 5.89. The van der Waals surface area contributed by atoms with Gasteiger partial charge in [0.25, 0.3) is 5.91 Å². The Kier molecular flexibility index (Phi) is 5.24. The lowest BCUT2D eigenvalue weighted by Crippen LogP contribution is -2.39. The minimum Gasteiger partial charge on any atom is -0.618 e. The van der Waals surface area contributed by atoms with E-state index in [1.54, 1.807) is 0 Å². The molecule has 6 nitrogen and oxygen atoms in total. The van der Waals surface area contributed by atoms with Gasteiger partial charge in [-0.25, -0.2) is 9.18 Å². The second-order valence-corrected chi connectivity index (χ2v) is 4.80. The van der Waals surface area contributed by atoms with Crippen LogP contribution in [0.15, 0.2) is 48.7 Å². The summed E-state index contributed by atoms with van der Waals surface area (Å²) in [5.74, 6) is -1.77. The van der Waals surface area contributed by atoms with Crippen molar-refractivity contribution in [2.75, 3.05) is 0 Å². The number of hydrogen-bond donors (Lipinski definition) is 1. The van der Waals surface area contributed by atoms with E-state index in [1.807, 2.05) is 0 Å². The topological polar surface area (TPSA) is 82.3 Å². The first-order chi connectivity index (χ1) is 11.0. The Balaban J connectivity index is 1.88. The number of ether oxygens (including phenoxy) is 1. The first-order valence-electron chi connectivity index (χ1n) is 6.88. The summed E-state index contributed by atoms with van der Waals surface area (Å²) in [5, 5.41) is 14.0. The molecule has 2 rings (SSSR count). The van der Waals surface area contributed by atoms with Gasteiger partial charge in [0.05, 0.1) is 0 Å². The van der Waals surface area contributed by atoms with Crippen LogP contribution in [0.1, 0.15) is 23.0 Å². The monoisotopic (exact) mass is 318 g/mol. The van der Waals surface area contributed by atoms with Gasteiger partial charge in [0.2, 0.25) is 0 Å². The molecule has 0 aliphatic carbocycles. The second-order valence-electron chi connectivity index (χ2n) is 4.80. The Hall–Kier alpha value is -2.96. The van der Waals surface area contributed by atoms with Crippen molar-refractivity contribution in [1.82, 2.24) is 5.32 Å². The number of carbonyl (C=O) groups is 2. The van der Waals surface area contributed by atoms with Gasteiger partial charge < -0.3 is 15.3 Å². The molecule has 0 bridgehead atoms. The van der Waals surface area contributed by atoms with Crippen LogP contribution in [0, 0.1) is 11.0 Å². The van der Waals surface area contributed by atoms with Gasteiger partial charge in [0.1, 0.15) is 5.82 Å². The molecular weight excluding hydrogens is 303 g/mol. The highest BCUT2D eigenvalue weighted by atomic mass is 19.1. The minimum absolute atomic E-state index is 0.175. The average molecular weight is 318 g/mol. The van der Waals surface area contributed by atoms with Crippen molar-refractivity contribution in [2.45, 2.75) is 19.6 Å². The first kappa shape index (κ1) is 16.4. The van der Waals surface area contributed by atoms with E-state index in [9.17, 15) is 19.2 Å². The number of benzene rings is 1. The quantitative estimate of drug-likeness (QED) is 0.512. The lowest BCUT2D eigenvalue weighted by Gasteiger charge is -2.13. The van der Waals surface area contributed by atoms with E-state index in [1.165, 1.54) is 49.4 Å². The number of nitrogens with zero attached hydrogens (tertiary/aromatic N) is 1. The summed E-state index contributed by atoms with van der Waals surface area (Å²) in [7, 11) is 0. The molecule has 1 aromatic carbocycles. The van der Waals surface area contributed by atoms with Crippen LogP contribution < -0.4 is 10.0 Å². The Morgan fingerprint density at radius 1 is 1.26 bits per heavy atom. The molecule has 1 amide bonds. The predicted molar refractivity (Wildman–Crippen MR) is 78.5 cm³/mol. The van der Waals surface area contributed by atoms with Crippen molar-refractivity contribution in [3.05, 3.63) is 70.9 Å². The van der Waals surface area contributed by atoms with Gasteiger partial charge in [0.15, 0.2) is 12.3 Å². The summed E-state index contributed by atoms with van der Waals surface area (Å²) in [6, 6.07) is 9.94. The third-order valence-electron chi connectivity index (χ3n) is 3.07. The van der Waals surface area contributed by atoms with E-state index in [0.29, 0.717) is 10.3 Å². The van der Waals surface area contributed by atoms with Crippen LogP contribution in [0.25, 0.3) is 0 Å². The molecule has 0 aliphatic heterocycles. The molecular formula is C16H15FN2O4. The number of amides is 1. The van der Waals surface area contributed by atoms with Gasteiger partial charge in [-0.05, 0) is 30.7 Å². The molecule has 23 heavy (non-hydrogen) atoms. The summed E-state index contributed by atoms with van der Waals surface area (Å²) in [4.78, 5) is 23.7. The van der Waals surface area contributed by atoms with Crippen LogP contribution in [0.2, 0.25) is 0 Å². The molecule has 2 aromatic rings. The fraction of sp³-hybridized carbons (Fsp3) is 0.188. The van der Waals surface area contributed by atoms with Gasteiger partial charge in [-0.2, -0.15) is 4.73 Å². The van der Waals surface area contributed by atoms with Crippen molar-refractivity contribution in [2.24, 2.45) is 0 Å². The van der Waals surface area contributed by atoms with Crippen LogP contribution >= 0.6 is 0 Å². The minimum atomic E-state index is -1.07. The standard InChI is InChI=1S/C16H15FN2O4/c1-11(23-16(21)14-4-2-3-9-19(14)22)15(20)18-10-12-5-7-13(17)8-6-12/h2-9,11H,10H2,1H3,(H,18,20)/t11-/m0/s1. The Labute approximate surface area is 132 Å². The average Bonchev–Trinajstić information content (AvgIpc) is 2.54. The van der Waals surface area contributed by atoms with Gasteiger partial charge in [-0.15, -0.1) is 0 Å². The smallest absolute Gasteiger partial charge is 0.405 e. The summed E-state index contributed by atoms with van der Waals surface area (Å²) in [5.41, 5.74) is 0.504. The van der Waals surface area contributed by atoms with Crippen molar-refractivity contribution in [3.63, 3.8) is 0 Å². The third kappa shape index (κ3) is 4.50. The molecule has 1 heterocycles. The highest BCUT2D eigenvalue weighted by Crippen LogP contribution is 2.03. The van der Waals surface area contributed by atoms with E-state index in [2.05, 4.69) is 5.32 Å². The SMILES string of the molecule is C[C@H](OC(=O)c1cccc[n+]1[O-])C(=O)NCc1ccc(F)cc1. The highest BCUT2D eigenvalue weighted by Gasteiger charge is 2.23. The lowest BCUT2D eigenvalue weighted by atomic mass is 10.2. The third-order valence-corrected chi connectivity index (χ3v) is 3.07. The van der Waals surface area contributed by atoms with Crippen LogP contribution in [0.5, 0.6) is 0 Å². The lowest BCUT2D eigenvalue weighted by molar-refractivity contribution is -0.608. The van der Waals surface area contributed by atoms with E-state index < -0.39 is 18.0 Å². The Morgan fingerprint density at radius 3 is 2.61 bits per heavy atom. The van der Waals surface area contributed by atoms with Crippen LogP contribution in [-0.4, -0.2) is 18.0 Å².